The van der Waals surface area contributed by atoms with Crippen LogP contribution in [0.25, 0.3) is 0 Å². The van der Waals surface area contributed by atoms with Crippen LogP contribution in [0.15, 0.2) is 24.3 Å². The van der Waals surface area contributed by atoms with Crippen molar-refractivity contribution in [1.82, 2.24) is 10.2 Å². The molecule has 1 aliphatic heterocycles. The number of nitrogens with zero attached hydrogens (tertiary/aromatic N) is 2. The van der Waals surface area contributed by atoms with Crippen LogP contribution in [0.3, 0.4) is 0 Å². The van der Waals surface area contributed by atoms with Crippen LogP contribution in [0.5, 0.6) is 0 Å². The molecule has 0 aromatic heterocycles. The molecule has 0 aliphatic carbocycles. The minimum atomic E-state index is -0.832. The Kier molecular flexibility index (Phi) is 6.77. The highest BCUT2D eigenvalue weighted by molar-refractivity contribution is 6.15. The summed E-state index contributed by atoms with van der Waals surface area (Å²) in [4.78, 5) is 52.0. The second-order valence-electron chi connectivity index (χ2n) is 7.04. The summed E-state index contributed by atoms with van der Waals surface area (Å²) in [5, 5.41) is 2.59. The van der Waals surface area contributed by atoms with Crippen LogP contribution in [0, 0.1) is 12.8 Å². The Morgan fingerprint density at radius 3 is 2.36 bits per heavy atom. The second kappa shape index (κ2) is 8.86. The van der Waals surface area contributed by atoms with Gasteiger partial charge >= 0.3 is 12.0 Å². The molecule has 0 bridgehead atoms. The number of hydrogen-bond acceptors (Lipinski definition) is 5. The van der Waals surface area contributed by atoms with Crippen LogP contribution in [0.1, 0.15) is 32.8 Å². The van der Waals surface area contributed by atoms with Crippen LogP contribution in [-0.4, -0.2) is 54.5 Å². The van der Waals surface area contributed by atoms with Gasteiger partial charge in [0.25, 0.3) is 5.91 Å². The van der Waals surface area contributed by atoms with E-state index in [2.05, 4.69) is 5.32 Å². The molecule has 8 heteroatoms. The van der Waals surface area contributed by atoms with Gasteiger partial charge in [0.15, 0.2) is 0 Å². The molecule has 1 saturated heterocycles. The van der Waals surface area contributed by atoms with Crippen molar-refractivity contribution in [3.8, 4) is 0 Å². The quantitative estimate of drug-likeness (QED) is 0.567. The number of aryl methyl sites for hydroxylation is 1. The molecule has 3 atom stereocenters. The van der Waals surface area contributed by atoms with Crippen molar-refractivity contribution in [2.75, 3.05) is 18.6 Å². The number of amides is 4. The number of urea groups is 1. The number of carbonyl (C=O) groups is 4. The summed E-state index contributed by atoms with van der Waals surface area (Å²) in [6.45, 7) is 6.80. The number of benzene rings is 1. The molecule has 152 valence electrons. The Morgan fingerprint density at radius 1 is 1.21 bits per heavy atom. The molecule has 0 saturated carbocycles. The molecule has 3 unspecified atom stereocenters. The number of rotatable bonds is 7. The van der Waals surface area contributed by atoms with E-state index in [1.165, 1.54) is 12.0 Å². The average molecular weight is 389 g/mol. The molecular weight excluding hydrogens is 362 g/mol. The molecule has 1 N–H and O–H groups in total. The zero-order valence-electron chi connectivity index (χ0n) is 16.9. The van der Waals surface area contributed by atoms with E-state index in [1.54, 1.807) is 19.1 Å². The molecule has 28 heavy (non-hydrogen) atoms. The summed E-state index contributed by atoms with van der Waals surface area (Å²) in [5.41, 5.74) is 1.62. The van der Waals surface area contributed by atoms with Gasteiger partial charge in [-0.25, -0.2) is 9.59 Å². The van der Waals surface area contributed by atoms with E-state index in [0.717, 1.165) is 10.5 Å². The van der Waals surface area contributed by atoms with E-state index in [-0.39, 0.29) is 5.92 Å². The molecular formula is C20H27N3O5. The highest BCUT2D eigenvalue weighted by atomic mass is 16.5. The lowest BCUT2D eigenvalue weighted by atomic mass is 9.99. The standard InChI is InChI=1S/C20H27N3O5/c1-6-13(3)17(19(26)28-5)21-16(24)11-22-18(25)14(4)23(20(22)27)15-9-7-12(2)8-10-15/h7-10,13-14,17H,6,11H2,1-5H3,(H,21,24). The van der Waals surface area contributed by atoms with Crippen molar-refractivity contribution < 1.29 is 23.9 Å². The zero-order valence-corrected chi connectivity index (χ0v) is 16.9. The van der Waals surface area contributed by atoms with Crippen LogP contribution < -0.4 is 10.2 Å². The van der Waals surface area contributed by atoms with E-state index >= 15 is 0 Å². The molecule has 8 nitrogen and oxygen atoms in total. The van der Waals surface area contributed by atoms with E-state index in [1.807, 2.05) is 32.9 Å². The summed E-state index contributed by atoms with van der Waals surface area (Å²) in [6.07, 6.45) is 0.653. The Hall–Kier alpha value is -2.90. The Labute approximate surface area is 164 Å². The summed E-state index contributed by atoms with van der Waals surface area (Å²) in [7, 11) is 1.25. The molecule has 0 radical (unpaired) electrons. The predicted molar refractivity (Wildman–Crippen MR) is 104 cm³/mol. The van der Waals surface area contributed by atoms with Gasteiger partial charge in [0.1, 0.15) is 18.6 Å². The van der Waals surface area contributed by atoms with Gasteiger partial charge in [-0.05, 0) is 31.9 Å². The van der Waals surface area contributed by atoms with Crippen LogP contribution in [0.2, 0.25) is 0 Å². The van der Waals surface area contributed by atoms with Gasteiger partial charge in [0.05, 0.1) is 7.11 Å². The number of hydrogen-bond donors (Lipinski definition) is 1. The van der Waals surface area contributed by atoms with Gasteiger partial charge in [-0.3, -0.25) is 19.4 Å². The monoisotopic (exact) mass is 389 g/mol. The van der Waals surface area contributed by atoms with Gasteiger partial charge in [0, 0.05) is 5.69 Å². The summed E-state index contributed by atoms with van der Waals surface area (Å²) in [5.74, 6) is -1.75. The first-order valence-corrected chi connectivity index (χ1v) is 9.29. The first kappa shape index (κ1) is 21.4. The molecule has 1 aliphatic rings. The number of nitrogens with one attached hydrogen (secondary N) is 1. The highest BCUT2D eigenvalue weighted by Crippen LogP contribution is 2.26. The molecule has 1 fully saturated rings. The lowest BCUT2D eigenvalue weighted by Gasteiger charge is -2.23. The average Bonchev–Trinajstić information content (AvgIpc) is 2.89. The van der Waals surface area contributed by atoms with Crippen LogP contribution in [0.4, 0.5) is 10.5 Å². The third-order valence-corrected chi connectivity index (χ3v) is 5.05. The van der Waals surface area contributed by atoms with Crippen molar-refractivity contribution in [3.63, 3.8) is 0 Å². The highest BCUT2D eigenvalue weighted by Gasteiger charge is 2.44. The first-order chi connectivity index (χ1) is 13.2. The molecule has 1 heterocycles. The largest absolute Gasteiger partial charge is 0.467 e. The Bertz CT molecular complexity index is 762. The fraction of sp³-hybridized carbons (Fsp3) is 0.500. The zero-order chi connectivity index (χ0) is 21.0. The molecule has 1 aromatic rings. The fourth-order valence-electron chi connectivity index (χ4n) is 3.07. The van der Waals surface area contributed by atoms with Gasteiger partial charge in [-0.1, -0.05) is 38.0 Å². The minimum absolute atomic E-state index is 0.149. The Balaban J connectivity index is 2.13. The van der Waals surface area contributed by atoms with Crippen molar-refractivity contribution in [2.45, 2.75) is 46.2 Å². The normalized spacial score (nSPS) is 18.8. The number of esters is 1. The second-order valence-corrected chi connectivity index (χ2v) is 7.04. The Morgan fingerprint density at radius 2 is 1.82 bits per heavy atom. The van der Waals surface area contributed by atoms with Crippen LogP contribution in [-0.2, 0) is 19.1 Å². The van der Waals surface area contributed by atoms with Gasteiger partial charge in [-0.15, -0.1) is 0 Å². The van der Waals surface area contributed by atoms with Gasteiger partial charge < -0.3 is 10.1 Å². The van der Waals surface area contributed by atoms with Crippen LogP contribution >= 0.6 is 0 Å². The van der Waals surface area contributed by atoms with Gasteiger partial charge in [-0.2, -0.15) is 0 Å². The van der Waals surface area contributed by atoms with E-state index in [4.69, 9.17) is 4.74 Å². The van der Waals surface area contributed by atoms with Crippen molar-refractivity contribution in [1.29, 1.82) is 0 Å². The number of ether oxygens (including phenoxy) is 1. The number of methoxy groups -OCH3 is 1. The molecule has 1 aromatic carbocycles. The maximum Gasteiger partial charge on any atom is 0.332 e. The molecule has 2 rings (SSSR count). The van der Waals surface area contributed by atoms with E-state index < -0.39 is 42.4 Å². The number of imide groups is 1. The SMILES string of the molecule is CCC(C)C(NC(=O)CN1C(=O)C(C)N(c2ccc(C)cc2)C1=O)C(=O)OC. The van der Waals surface area contributed by atoms with Crippen molar-refractivity contribution in [2.24, 2.45) is 5.92 Å². The smallest absolute Gasteiger partial charge is 0.332 e. The predicted octanol–water partition coefficient (Wildman–Crippen LogP) is 1.86. The van der Waals surface area contributed by atoms with Crippen molar-refractivity contribution in [3.05, 3.63) is 29.8 Å². The summed E-state index contributed by atoms with van der Waals surface area (Å²) in [6, 6.07) is 5.11. The number of carbonyl (C=O) groups excluding carboxylic acids is 4. The minimum Gasteiger partial charge on any atom is -0.467 e. The maximum absolute atomic E-state index is 12.8. The molecule has 0 spiro atoms. The lowest BCUT2D eigenvalue weighted by Crippen LogP contribution is -2.50. The third kappa shape index (κ3) is 4.32. The number of anilines is 1. The summed E-state index contributed by atoms with van der Waals surface area (Å²) >= 11 is 0. The topological polar surface area (TPSA) is 96.0 Å². The maximum atomic E-state index is 12.8. The fourth-order valence-corrected chi connectivity index (χ4v) is 3.07. The third-order valence-electron chi connectivity index (χ3n) is 5.05. The lowest BCUT2D eigenvalue weighted by molar-refractivity contribution is -0.146. The van der Waals surface area contributed by atoms with E-state index in [0.29, 0.717) is 12.1 Å². The van der Waals surface area contributed by atoms with Gasteiger partial charge in [0.2, 0.25) is 5.91 Å². The van der Waals surface area contributed by atoms with Crippen molar-refractivity contribution >= 4 is 29.5 Å². The van der Waals surface area contributed by atoms with E-state index in [9.17, 15) is 19.2 Å². The summed E-state index contributed by atoms with van der Waals surface area (Å²) < 4.78 is 4.74. The first-order valence-electron chi connectivity index (χ1n) is 9.29. The molecule has 4 amide bonds.